The second kappa shape index (κ2) is 9.99. The summed E-state index contributed by atoms with van der Waals surface area (Å²) >= 11 is 0. The van der Waals surface area contributed by atoms with Crippen molar-refractivity contribution >= 4 is 0 Å². The lowest BCUT2D eigenvalue weighted by Gasteiger charge is -2.07. The maximum Gasteiger partial charge on any atom is 0.119 e. The van der Waals surface area contributed by atoms with Crippen LogP contribution in [0.2, 0.25) is 0 Å². The first-order chi connectivity index (χ1) is 8.86. The van der Waals surface area contributed by atoms with Crippen molar-refractivity contribution in [1.29, 1.82) is 0 Å². The average Bonchev–Trinajstić information content (AvgIpc) is 2.41. The van der Waals surface area contributed by atoms with E-state index in [9.17, 15) is 0 Å². The molecule has 0 spiro atoms. The van der Waals surface area contributed by atoms with E-state index in [1.165, 1.54) is 50.5 Å². The van der Waals surface area contributed by atoms with Crippen molar-refractivity contribution in [3.63, 3.8) is 0 Å². The van der Waals surface area contributed by atoms with Gasteiger partial charge in [-0.1, -0.05) is 51.2 Å². The summed E-state index contributed by atoms with van der Waals surface area (Å²) in [5.41, 5.74) is 1.40. The minimum absolute atomic E-state index is 0.709. The summed E-state index contributed by atoms with van der Waals surface area (Å²) < 4.78 is 5.59. The van der Waals surface area contributed by atoms with Gasteiger partial charge in [0.05, 0.1) is 6.61 Å². The normalized spacial score (nSPS) is 10.6. The molecule has 0 saturated heterocycles. The third-order valence-electron chi connectivity index (χ3n) is 3.13. The summed E-state index contributed by atoms with van der Waals surface area (Å²) in [5, 5.41) is 0. The molecule has 0 aliphatic heterocycles. The molecule has 0 fully saturated rings. The predicted molar refractivity (Wildman–Crippen MR) is 79.0 cm³/mol. The lowest BCUT2D eigenvalue weighted by molar-refractivity contribution is 0.324. The van der Waals surface area contributed by atoms with Crippen LogP contribution in [-0.2, 0) is 6.42 Å². The Hall–Kier alpha value is -0.980. The van der Waals surface area contributed by atoms with Gasteiger partial charge < -0.3 is 4.74 Å². The highest BCUT2D eigenvalue weighted by Crippen LogP contribution is 2.16. The van der Waals surface area contributed by atoms with Gasteiger partial charge in [-0.2, -0.15) is 0 Å². The third kappa shape index (κ3) is 6.68. The number of hydrogen-bond acceptors (Lipinski definition) is 1. The van der Waals surface area contributed by atoms with E-state index < -0.39 is 0 Å². The fraction of sp³-hybridized carbons (Fsp3) is 0.588. The van der Waals surface area contributed by atoms with Gasteiger partial charge in [0.25, 0.3) is 0 Å². The molecule has 1 aromatic rings. The van der Waals surface area contributed by atoms with Crippen LogP contribution in [0, 0.1) is 6.92 Å². The molecule has 101 valence electrons. The molecule has 0 unspecified atom stereocenters. The summed E-state index contributed by atoms with van der Waals surface area (Å²) in [6, 6.07) is 8.48. The van der Waals surface area contributed by atoms with Crippen molar-refractivity contribution in [3.8, 4) is 5.75 Å². The van der Waals surface area contributed by atoms with E-state index in [4.69, 9.17) is 4.74 Å². The Morgan fingerprint density at radius 1 is 1.06 bits per heavy atom. The molecule has 1 nitrogen and oxygen atoms in total. The summed E-state index contributed by atoms with van der Waals surface area (Å²) in [4.78, 5) is 0. The van der Waals surface area contributed by atoms with Crippen molar-refractivity contribution < 1.29 is 4.74 Å². The van der Waals surface area contributed by atoms with Crippen molar-refractivity contribution in [2.45, 2.75) is 58.3 Å². The quantitative estimate of drug-likeness (QED) is 0.517. The van der Waals surface area contributed by atoms with Gasteiger partial charge in [-0.15, -0.1) is 0 Å². The predicted octanol–water partition coefficient (Wildman–Crippen LogP) is 5.19. The Labute approximate surface area is 113 Å². The first-order valence-corrected chi connectivity index (χ1v) is 7.37. The average molecular weight is 247 g/mol. The molecule has 18 heavy (non-hydrogen) atoms. The van der Waals surface area contributed by atoms with Gasteiger partial charge in [-0.3, -0.25) is 0 Å². The van der Waals surface area contributed by atoms with Crippen LogP contribution < -0.4 is 4.74 Å². The molecule has 1 rings (SSSR count). The Balaban J connectivity index is 2.20. The zero-order chi connectivity index (χ0) is 13.1. The van der Waals surface area contributed by atoms with E-state index in [0.29, 0.717) is 6.61 Å². The summed E-state index contributed by atoms with van der Waals surface area (Å²) in [7, 11) is 0. The lowest BCUT2D eigenvalue weighted by atomic mass is 10.0. The fourth-order valence-corrected chi connectivity index (χ4v) is 2.09. The second-order valence-corrected chi connectivity index (χ2v) is 4.87. The molecule has 0 aromatic heterocycles. The highest BCUT2D eigenvalue weighted by Gasteiger charge is 1.97. The number of aryl methyl sites for hydroxylation is 1. The molecule has 0 heterocycles. The molecule has 0 N–H and O–H groups in total. The summed E-state index contributed by atoms with van der Waals surface area (Å²) in [5.74, 6) is 0.988. The Bertz CT molecular complexity index is 306. The highest BCUT2D eigenvalue weighted by atomic mass is 16.5. The van der Waals surface area contributed by atoms with Gasteiger partial charge in [0, 0.05) is 0 Å². The lowest BCUT2D eigenvalue weighted by Crippen LogP contribution is -1.95. The van der Waals surface area contributed by atoms with Crippen LogP contribution in [0.25, 0.3) is 0 Å². The zero-order valence-electron chi connectivity index (χ0n) is 11.8. The van der Waals surface area contributed by atoms with E-state index in [1.54, 1.807) is 0 Å². The highest BCUT2D eigenvalue weighted by molar-refractivity contribution is 5.28. The third-order valence-corrected chi connectivity index (χ3v) is 3.13. The van der Waals surface area contributed by atoms with Crippen LogP contribution in [-0.4, -0.2) is 6.61 Å². The second-order valence-electron chi connectivity index (χ2n) is 4.87. The van der Waals surface area contributed by atoms with Crippen LogP contribution >= 0.6 is 0 Å². The largest absolute Gasteiger partial charge is 0.494 e. The van der Waals surface area contributed by atoms with Crippen LogP contribution in [0.4, 0.5) is 0 Å². The number of unbranched alkanes of at least 4 members (excludes halogenated alkanes) is 5. The maximum atomic E-state index is 5.59. The van der Waals surface area contributed by atoms with Gasteiger partial charge in [0.2, 0.25) is 0 Å². The van der Waals surface area contributed by atoms with E-state index in [2.05, 4.69) is 32.0 Å². The molecular formula is C17H27O. The number of ether oxygens (including phenoxy) is 1. The van der Waals surface area contributed by atoms with Crippen LogP contribution in [0.15, 0.2) is 24.3 Å². The first-order valence-electron chi connectivity index (χ1n) is 7.37. The molecule has 0 bridgehead atoms. The molecule has 0 aliphatic rings. The Kier molecular flexibility index (Phi) is 8.37. The van der Waals surface area contributed by atoms with E-state index in [-0.39, 0.29) is 0 Å². The summed E-state index contributed by atoms with van der Waals surface area (Å²) in [6.07, 6.45) is 10.1. The van der Waals surface area contributed by atoms with Crippen LogP contribution in [0.1, 0.15) is 57.4 Å². The Morgan fingerprint density at radius 3 is 2.61 bits per heavy atom. The molecule has 0 amide bonds. The van der Waals surface area contributed by atoms with Gasteiger partial charge in [-0.05, 0) is 43.9 Å². The van der Waals surface area contributed by atoms with Crippen LogP contribution in [0.3, 0.4) is 0 Å². The van der Waals surface area contributed by atoms with E-state index in [1.807, 2.05) is 6.07 Å². The molecule has 0 saturated carbocycles. The van der Waals surface area contributed by atoms with Crippen LogP contribution in [0.5, 0.6) is 5.75 Å². The molecule has 1 radical (unpaired) electrons. The van der Waals surface area contributed by atoms with E-state index in [0.717, 1.165) is 12.2 Å². The topological polar surface area (TPSA) is 9.23 Å². The zero-order valence-corrected chi connectivity index (χ0v) is 11.8. The standard InChI is InChI=1S/C17H27O/c1-3-5-6-7-8-9-11-16-12-10-13-17(15-16)18-14-4-2/h10,12-13,15H,2-9,11,14H2,1H3. The van der Waals surface area contributed by atoms with Gasteiger partial charge in [0.1, 0.15) is 5.75 Å². The Morgan fingerprint density at radius 2 is 1.83 bits per heavy atom. The van der Waals surface area contributed by atoms with Crippen molar-refractivity contribution in [3.05, 3.63) is 36.8 Å². The van der Waals surface area contributed by atoms with Gasteiger partial charge in [-0.25, -0.2) is 0 Å². The van der Waals surface area contributed by atoms with Crippen molar-refractivity contribution in [1.82, 2.24) is 0 Å². The smallest absolute Gasteiger partial charge is 0.119 e. The number of hydrogen-bond donors (Lipinski definition) is 0. The van der Waals surface area contributed by atoms with E-state index >= 15 is 0 Å². The minimum atomic E-state index is 0.709. The summed E-state index contributed by atoms with van der Waals surface area (Å²) in [6.45, 7) is 6.75. The van der Waals surface area contributed by atoms with Crippen molar-refractivity contribution in [2.75, 3.05) is 6.61 Å². The number of rotatable bonds is 10. The first kappa shape index (κ1) is 15.1. The molecule has 1 heteroatoms. The molecule has 0 atom stereocenters. The molecular weight excluding hydrogens is 220 g/mol. The van der Waals surface area contributed by atoms with Gasteiger partial charge >= 0.3 is 0 Å². The SMILES string of the molecule is [CH2]CCOc1cccc(CCCCCCCC)c1. The molecule has 0 aliphatic carbocycles. The minimum Gasteiger partial charge on any atom is -0.494 e. The number of benzene rings is 1. The maximum absolute atomic E-state index is 5.59. The van der Waals surface area contributed by atoms with Gasteiger partial charge in [0.15, 0.2) is 0 Å². The van der Waals surface area contributed by atoms with Crippen molar-refractivity contribution in [2.24, 2.45) is 0 Å². The monoisotopic (exact) mass is 247 g/mol. The molecule has 1 aromatic carbocycles. The fourth-order valence-electron chi connectivity index (χ4n) is 2.09.